The highest BCUT2D eigenvalue weighted by molar-refractivity contribution is 6.01. The molecular weight excluding hydrogens is 403 g/mol. The minimum absolute atomic E-state index is 0.0339. The van der Waals surface area contributed by atoms with E-state index in [9.17, 15) is 23.6 Å². The number of hydrogen-bond acceptors (Lipinski definition) is 4. The van der Waals surface area contributed by atoms with E-state index >= 15 is 0 Å². The van der Waals surface area contributed by atoms with Gasteiger partial charge in [0.05, 0.1) is 5.92 Å². The Bertz CT molecular complexity index is 850. The molecule has 1 aromatic rings. The van der Waals surface area contributed by atoms with Crippen molar-refractivity contribution in [3.05, 3.63) is 30.1 Å². The van der Waals surface area contributed by atoms with Gasteiger partial charge in [-0.2, -0.15) is 0 Å². The van der Waals surface area contributed by atoms with E-state index in [2.05, 4.69) is 5.32 Å². The van der Waals surface area contributed by atoms with Crippen LogP contribution < -0.4 is 16.0 Å². The highest BCUT2D eigenvalue weighted by atomic mass is 19.1. The molecule has 31 heavy (non-hydrogen) atoms. The molecule has 2 unspecified atom stereocenters. The molecule has 2 heterocycles. The van der Waals surface area contributed by atoms with Crippen molar-refractivity contribution >= 4 is 29.3 Å². The minimum atomic E-state index is -0.715. The fraction of sp³-hybridized carbons (Fsp3) is 0.545. The Morgan fingerprint density at radius 3 is 2.26 bits per heavy atom. The van der Waals surface area contributed by atoms with Gasteiger partial charge in [-0.3, -0.25) is 19.2 Å². The Balaban J connectivity index is 1.62. The molecule has 1 aromatic carbocycles. The molecular formula is C22H29FN4O4. The molecule has 0 aromatic heterocycles. The first kappa shape index (κ1) is 22.7. The number of nitrogens with zero attached hydrogens (tertiary/aromatic N) is 2. The van der Waals surface area contributed by atoms with E-state index in [0.717, 1.165) is 0 Å². The van der Waals surface area contributed by atoms with Crippen LogP contribution in [0.25, 0.3) is 0 Å². The molecule has 168 valence electrons. The van der Waals surface area contributed by atoms with Gasteiger partial charge in [0.25, 0.3) is 0 Å². The summed E-state index contributed by atoms with van der Waals surface area (Å²) in [5.41, 5.74) is 5.89. The molecule has 4 amide bonds. The van der Waals surface area contributed by atoms with Crippen LogP contribution in [0.2, 0.25) is 0 Å². The average molecular weight is 432 g/mol. The molecule has 2 fully saturated rings. The number of anilines is 1. The lowest BCUT2D eigenvalue weighted by atomic mass is 9.94. The molecule has 0 bridgehead atoms. The summed E-state index contributed by atoms with van der Waals surface area (Å²) in [5.74, 6) is -2.46. The van der Waals surface area contributed by atoms with Crippen LogP contribution in [0.3, 0.4) is 0 Å². The molecule has 0 radical (unpaired) electrons. The number of rotatable bonds is 6. The van der Waals surface area contributed by atoms with Gasteiger partial charge in [-0.1, -0.05) is 13.8 Å². The molecule has 0 aliphatic carbocycles. The van der Waals surface area contributed by atoms with E-state index in [4.69, 9.17) is 5.73 Å². The second-order valence-corrected chi connectivity index (χ2v) is 8.61. The Kier molecular flexibility index (Phi) is 6.92. The summed E-state index contributed by atoms with van der Waals surface area (Å²) in [6, 6.07) is 4.83. The summed E-state index contributed by atoms with van der Waals surface area (Å²) in [6.45, 7) is 4.73. The van der Waals surface area contributed by atoms with Crippen LogP contribution >= 0.6 is 0 Å². The number of likely N-dealkylation sites (tertiary alicyclic amines) is 1. The van der Waals surface area contributed by atoms with Crippen LogP contribution in [0.15, 0.2) is 24.3 Å². The standard InChI is InChI=1S/C22H29FN4O4/c1-13(2)19(22(31)26-9-7-14(8-10-26)20(24)29)25-21(30)15-11-18(28)27(12-15)17-5-3-16(23)4-6-17/h3-6,13-15,19H,7-12H2,1-2H3,(H2,24,29)(H,25,30). The lowest BCUT2D eigenvalue weighted by Gasteiger charge is -2.34. The topological polar surface area (TPSA) is 113 Å². The van der Waals surface area contributed by atoms with E-state index < -0.39 is 17.8 Å². The Morgan fingerprint density at radius 1 is 1.10 bits per heavy atom. The second-order valence-electron chi connectivity index (χ2n) is 8.61. The maximum atomic E-state index is 13.2. The van der Waals surface area contributed by atoms with Crippen molar-refractivity contribution < 1.29 is 23.6 Å². The number of amides is 4. The number of carbonyl (C=O) groups excluding carboxylic acids is 4. The number of carbonyl (C=O) groups is 4. The third-order valence-electron chi connectivity index (χ3n) is 6.07. The maximum absolute atomic E-state index is 13.2. The van der Waals surface area contributed by atoms with Crippen molar-refractivity contribution in [2.24, 2.45) is 23.5 Å². The molecule has 2 saturated heterocycles. The third kappa shape index (κ3) is 5.21. The second kappa shape index (κ2) is 9.45. The zero-order valence-electron chi connectivity index (χ0n) is 17.8. The number of piperidine rings is 1. The quantitative estimate of drug-likeness (QED) is 0.699. The predicted octanol–water partition coefficient (Wildman–Crippen LogP) is 1.04. The summed E-state index contributed by atoms with van der Waals surface area (Å²) in [6.07, 6.45) is 1.07. The lowest BCUT2D eigenvalue weighted by Crippen LogP contribution is -2.54. The number of primary amides is 1. The predicted molar refractivity (Wildman–Crippen MR) is 112 cm³/mol. The average Bonchev–Trinajstić information content (AvgIpc) is 3.13. The van der Waals surface area contributed by atoms with Crippen LogP contribution in [0.1, 0.15) is 33.1 Å². The zero-order chi connectivity index (χ0) is 22.7. The summed E-state index contributed by atoms with van der Waals surface area (Å²) >= 11 is 0. The van der Waals surface area contributed by atoms with Crippen LogP contribution in [-0.4, -0.2) is 54.2 Å². The molecule has 3 N–H and O–H groups in total. The van der Waals surface area contributed by atoms with E-state index in [1.54, 1.807) is 4.90 Å². The van der Waals surface area contributed by atoms with Crippen molar-refractivity contribution in [1.29, 1.82) is 0 Å². The van der Waals surface area contributed by atoms with Crippen molar-refractivity contribution in [1.82, 2.24) is 10.2 Å². The monoisotopic (exact) mass is 432 g/mol. The lowest BCUT2D eigenvalue weighted by molar-refractivity contribution is -0.140. The number of benzene rings is 1. The maximum Gasteiger partial charge on any atom is 0.245 e. The smallest absolute Gasteiger partial charge is 0.245 e. The number of hydrogen-bond donors (Lipinski definition) is 2. The number of nitrogens with one attached hydrogen (secondary N) is 1. The molecule has 2 aliphatic rings. The Morgan fingerprint density at radius 2 is 1.71 bits per heavy atom. The number of halogens is 1. The van der Waals surface area contributed by atoms with Crippen LogP contribution in [0, 0.1) is 23.6 Å². The third-order valence-corrected chi connectivity index (χ3v) is 6.07. The zero-order valence-corrected chi connectivity index (χ0v) is 17.8. The molecule has 0 spiro atoms. The largest absolute Gasteiger partial charge is 0.369 e. The first-order valence-electron chi connectivity index (χ1n) is 10.6. The minimum Gasteiger partial charge on any atom is -0.369 e. The fourth-order valence-corrected chi connectivity index (χ4v) is 4.12. The Hall–Kier alpha value is -2.97. The molecule has 2 aliphatic heterocycles. The molecule has 9 heteroatoms. The van der Waals surface area contributed by atoms with E-state index in [0.29, 0.717) is 31.6 Å². The van der Waals surface area contributed by atoms with Crippen LogP contribution in [-0.2, 0) is 19.2 Å². The van der Waals surface area contributed by atoms with E-state index in [1.807, 2.05) is 13.8 Å². The van der Waals surface area contributed by atoms with Crippen LogP contribution in [0.5, 0.6) is 0 Å². The Labute approximate surface area is 180 Å². The van der Waals surface area contributed by atoms with Gasteiger partial charge in [-0.15, -0.1) is 0 Å². The van der Waals surface area contributed by atoms with Crippen LogP contribution in [0.4, 0.5) is 10.1 Å². The van der Waals surface area contributed by atoms with Crippen molar-refractivity contribution in [2.45, 2.75) is 39.2 Å². The van der Waals surface area contributed by atoms with E-state index in [-0.39, 0.29) is 48.4 Å². The van der Waals surface area contributed by atoms with Gasteiger partial charge in [0.2, 0.25) is 23.6 Å². The summed E-state index contributed by atoms with van der Waals surface area (Å²) in [5, 5.41) is 2.83. The van der Waals surface area contributed by atoms with Gasteiger partial charge in [0, 0.05) is 37.7 Å². The summed E-state index contributed by atoms with van der Waals surface area (Å²) < 4.78 is 13.2. The van der Waals surface area contributed by atoms with Crippen molar-refractivity contribution in [3.63, 3.8) is 0 Å². The highest BCUT2D eigenvalue weighted by Crippen LogP contribution is 2.26. The van der Waals surface area contributed by atoms with Crippen molar-refractivity contribution in [3.8, 4) is 0 Å². The molecule has 2 atom stereocenters. The van der Waals surface area contributed by atoms with Gasteiger partial charge >= 0.3 is 0 Å². The summed E-state index contributed by atoms with van der Waals surface area (Å²) in [7, 11) is 0. The van der Waals surface area contributed by atoms with Gasteiger partial charge in [-0.25, -0.2) is 4.39 Å². The van der Waals surface area contributed by atoms with Crippen molar-refractivity contribution in [2.75, 3.05) is 24.5 Å². The van der Waals surface area contributed by atoms with Gasteiger partial charge < -0.3 is 20.9 Å². The first-order chi connectivity index (χ1) is 14.7. The van der Waals surface area contributed by atoms with Gasteiger partial charge in [0.15, 0.2) is 0 Å². The fourth-order valence-electron chi connectivity index (χ4n) is 4.12. The highest BCUT2D eigenvalue weighted by Gasteiger charge is 2.38. The first-order valence-corrected chi connectivity index (χ1v) is 10.6. The molecule has 8 nitrogen and oxygen atoms in total. The molecule has 0 saturated carbocycles. The number of nitrogens with two attached hydrogens (primary N) is 1. The molecule has 3 rings (SSSR count). The van der Waals surface area contributed by atoms with E-state index in [1.165, 1.54) is 29.2 Å². The van der Waals surface area contributed by atoms with Gasteiger partial charge in [0.1, 0.15) is 11.9 Å². The normalized spacial score (nSPS) is 20.8. The SMILES string of the molecule is CC(C)C(NC(=O)C1CC(=O)N(c2ccc(F)cc2)C1)C(=O)N1CCC(C(N)=O)CC1. The van der Waals surface area contributed by atoms with Gasteiger partial charge in [-0.05, 0) is 43.0 Å². The summed E-state index contributed by atoms with van der Waals surface area (Å²) in [4.78, 5) is 52.8.